The van der Waals surface area contributed by atoms with Crippen LogP contribution in [-0.2, 0) is 11.3 Å². The Morgan fingerprint density at radius 3 is 2.55 bits per heavy atom. The number of nitrogens with zero attached hydrogens (tertiary/aromatic N) is 2. The number of likely N-dealkylation sites (tertiary alicyclic amines) is 1. The van der Waals surface area contributed by atoms with Crippen molar-refractivity contribution in [3.63, 3.8) is 0 Å². The molecule has 0 bridgehead atoms. The van der Waals surface area contributed by atoms with Gasteiger partial charge in [0.05, 0.1) is 17.2 Å². The van der Waals surface area contributed by atoms with Gasteiger partial charge in [-0.05, 0) is 42.0 Å². The summed E-state index contributed by atoms with van der Waals surface area (Å²) in [5.41, 5.74) is 4.77. The molecule has 0 amide bonds. The Hall–Kier alpha value is -3.77. The molecule has 0 unspecified atom stereocenters. The van der Waals surface area contributed by atoms with E-state index in [2.05, 4.69) is 4.99 Å². The Bertz CT molecular complexity index is 1350. The third-order valence-electron chi connectivity index (χ3n) is 6.07. The molecule has 2 heterocycles. The van der Waals surface area contributed by atoms with Gasteiger partial charge in [-0.3, -0.25) is 14.7 Å². The highest BCUT2D eigenvalue weighted by atomic mass is 19.1. The summed E-state index contributed by atoms with van der Waals surface area (Å²) in [6.07, 6.45) is 0. The molecule has 1 aliphatic heterocycles. The quantitative estimate of drug-likeness (QED) is 0.416. The second kappa shape index (κ2) is 8.64. The summed E-state index contributed by atoms with van der Waals surface area (Å²) in [6.45, 7) is 1.52. The summed E-state index contributed by atoms with van der Waals surface area (Å²) >= 11 is 0. The molecule has 1 fully saturated rings. The minimum Gasteiger partial charge on any atom is -0.481 e. The first-order valence-corrected chi connectivity index (χ1v) is 10.8. The number of fused-ring (bicyclic) bond motifs is 1. The lowest BCUT2D eigenvalue weighted by molar-refractivity contribution is -0.147. The number of aliphatic imine (C=N–C) groups is 1. The molecule has 1 aliphatic rings. The summed E-state index contributed by atoms with van der Waals surface area (Å²) in [5.74, 6) is -0.991. The van der Waals surface area contributed by atoms with E-state index < -0.39 is 5.97 Å². The van der Waals surface area contributed by atoms with Crippen molar-refractivity contribution in [3.05, 3.63) is 95.3 Å². The van der Waals surface area contributed by atoms with Gasteiger partial charge in [-0.1, -0.05) is 36.4 Å². The van der Waals surface area contributed by atoms with Crippen LogP contribution in [0.1, 0.15) is 16.7 Å². The van der Waals surface area contributed by atoms with Gasteiger partial charge in [0.1, 0.15) is 17.2 Å². The van der Waals surface area contributed by atoms with Crippen LogP contribution in [0.4, 0.5) is 4.39 Å². The fraction of sp³-hybridized carbons (Fsp3) is 0.185. The lowest BCUT2D eigenvalue weighted by atomic mass is 9.99. The molecule has 3 aromatic carbocycles. The van der Waals surface area contributed by atoms with Crippen LogP contribution in [0, 0.1) is 11.7 Å². The second-order valence-electron chi connectivity index (χ2n) is 8.34. The van der Waals surface area contributed by atoms with E-state index in [-0.39, 0.29) is 11.7 Å². The minimum atomic E-state index is -0.776. The van der Waals surface area contributed by atoms with E-state index in [1.54, 1.807) is 13.1 Å². The maximum atomic E-state index is 14.9. The van der Waals surface area contributed by atoms with E-state index in [9.17, 15) is 9.18 Å². The van der Waals surface area contributed by atoms with Crippen LogP contribution >= 0.6 is 0 Å². The molecular weight excluding hydrogens is 419 g/mol. The van der Waals surface area contributed by atoms with Crippen molar-refractivity contribution in [2.24, 2.45) is 10.9 Å². The van der Waals surface area contributed by atoms with E-state index in [1.807, 2.05) is 65.6 Å². The van der Waals surface area contributed by atoms with Gasteiger partial charge in [0.25, 0.3) is 0 Å². The molecule has 5 rings (SSSR count). The zero-order chi connectivity index (χ0) is 22.9. The highest BCUT2D eigenvalue weighted by Crippen LogP contribution is 2.31. The van der Waals surface area contributed by atoms with Gasteiger partial charge >= 0.3 is 5.97 Å². The summed E-state index contributed by atoms with van der Waals surface area (Å²) in [7, 11) is 1.77. The van der Waals surface area contributed by atoms with Gasteiger partial charge in [0.15, 0.2) is 0 Å². The van der Waals surface area contributed by atoms with Crippen molar-refractivity contribution in [2.75, 3.05) is 20.1 Å². The Kier molecular flexibility index (Phi) is 5.52. The summed E-state index contributed by atoms with van der Waals surface area (Å²) < 4.78 is 20.9. The number of benzene rings is 3. The largest absolute Gasteiger partial charge is 0.481 e. The molecule has 1 N–H and O–H groups in total. The normalized spacial score (nSPS) is 15.0. The monoisotopic (exact) mass is 442 g/mol. The van der Waals surface area contributed by atoms with Gasteiger partial charge in [0.2, 0.25) is 0 Å². The Morgan fingerprint density at radius 2 is 1.85 bits per heavy atom. The van der Waals surface area contributed by atoms with Gasteiger partial charge in [-0.2, -0.15) is 0 Å². The number of aliphatic carboxylic acids is 1. The van der Waals surface area contributed by atoms with Gasteiger partial charge in [-0.25, -0.2) is 4.39 Å². The zero-order valence-electron chi connectivity index (χ0n) is 18.2. The predicted octanol–water partition coefficient (Wildman–Crippen LogP) is 5.22. The fourth-order valence-corrected chi connectivity index (χ4v) is 4.31. The second-order valence-corrected chi connectivity index (χ2v) is 8.34. The average molecular weight is 442 g/mol. The number of halogens is 1. The number of hydrogen-bond acceptors (Lipinski definition) is 4. The molecule has 0 spiro atoms. The smallest absolute Gasteiger partial charge is 0.309 e. The third-order valence-corrected chi connectivity index (χ3v) is 6.07. The molecule has 0 atom stereocenters. The minimum absolute atomic E-state index is 0.324. The highest BCUT2D eigenvalue weighted by molar-refractivity contribution is 6.14. The van der Waals surface area contributed by atoms with Crippen molar-refractivity contribution >= 4 is 22.7 Å². The summed E-state index contributed by atoms with van der Waals surface area (Å²) in [6, 6.07) is 22.8. The summed E-state index contributed by atoms with van der Waals surface area (Å²) in [5, 5.41) is 9.88. The molecule has 166 valence electrons. The van der Waals surface area contributed by atoms with Crippen molar-refractivity contribution < 1.29 is 18.7 Å². The third kappa shape index (κ3) is 4.17. The molecular formula is C27H23FN2O3. The van der Waals surface area contributed by atoms with Crippen LogP contribution in [0.2, 0.25) is 0 Å². The number of rotatable bonds is 6. The van der Waals surface area contributed by atoms with E-state index in [0.717, 1.165) is 27.8 Å². The Balaban J connectivity index is 1.38. The molecule has 0 aliphatic carbocycles. The molecule has 5 nitrogen and oxygen atoms in total. The average Bonchev–Trinajstić information content (AvgIpc) is 3.20. The van der Waals surface area contributed by atoms with Crippen LogP contribution in [0.3, 0.4) is 0 Å². The van der Waals surface area contributed by atoms with Crippen LogP contribution in [-0.4, -0.2) is 41.8 Å². The molecule has 4 aromatic rings. The lowest BCUT2D eigenvalue weighted by Crippen LogP contribution is -2.49. The van der Waals surface area contributed by atoms with Crippen molar-refractivity contribution in [3.8, 4) is 11.3 Å². The highest BCUT2D eigenvalue weighted by Gasteiger charge is 2.32. The number of carboxylic acid groups (broad SMARTS) is 1. The molecule has 0 radical (unpaired) electrons. The predicted molar refractivity (Wildman–Crippen MR) is 126 cm³/mol. The number of furan rings is 1. The molecule has 6 heteroatoms. The topological polar surface area (TPSA) is 66.0 Å². The fourth-order valence-electron chi connectivity index (χ4n) is 4.31. The van der Waals surface area contributed by atoms with Crippen molar-refractivity contribution in [2.45, 2.75) is 6.54 Å². The van der Waals surface area contributed by atoms with Crippen molar-refractivity contribution in [1.29, 1.82) is 0 Å². The van der Waals surface area contributed by atoms with E-state index in [4.69, 9.17) is 9.52 Å². The molecule has 0 saturated carbocycles. The molecule has 1 saturated heterocycles. The Labute approximate surface area is 190 Å². The standard InChI is InChI=1S/C27H23FN2O3/c1-29-26(18-5-3-2-4-6-18)19-8-10-24-20(12-19)13-25(33-24)22-9-7-17(11-23(22)28)14-30-15-21(16-30)27(31)32/h2-13,21H,14-16H2,1H3,(H,31,32). The first kappa shape index (κ1) is 21.1. The van der Waals surface area contributed by atoms with Gasteiger partial charge < -0.3 is 9.52 Å². The first-order valence-electron chi connectivity index (χ1n) is 10.8. The van der Waals surface area contributed by atoms with Crippen LogP contribution in [0.25, 0.3) is 22.3 Å². The maximum absolute atomic E-state index is 14.9. The van der Waals surface area contributed by atoms with Crippen LogP contribution in [0.5, 0.6) is 0 Å². The maximum Gasteiger partial charge on any atom is 0.309 e. The first-order chi connectivity index (χ1) is 16.0. The van der Waals surface area contributed by atoms with Crippen LogP contribution < -0.4 is 0 Å². The zero-order valence-corrected chi connectivity index (χ0v) is 18.2. The Morgan fingerprint density at radius 1 is 1.06 bits per heavy atom. The summed E-state index contributed by atoms with van der Waals surface area (Å²) in [4.78, 5) is 17.4. The van der Waals surface area contributed by atoms with Gasteiger partial charge in [-0.15, -0.1) is 0 Å². The van der Waals surface area contributed by atoms with Crippen molar-refractivity contribution in [1.82, 2.24) is 4.90 Å². The molecule has 1 aromatic heterocycles. The van der Waals surface area contributed by atoms with E-state index >= 15 is 0 Å². The number of hydrogen-bond donors (Lipinski definition) is 1. The lowest BCUT2D eigenvalue weighted by Gasteiger charge is -2.36. The van der Waals surface area contributed by atoms with Crippen LogP contribution in [0.15, 0.2) is 82.2 Å². The molecule has 33 heavy (non-hydrogen) atoms. The SMILES string of the molecule is CN=C(c1ccccc1)c1ccc2oc(-c3ccc(CN4CC(C(=O)O)C4)cc3F)cc2c1. The number of carbonyl (C=O) groups is 1. The number of carboxylic acids is 1. The van der Waals surface area contributed by atoms with E-state index in [1.165, 1.54) is 6.07 Å². The van der Waals surface area contributed by atoms with Gasteiger partial charge in [0, 0.05) is 43.2 Å². The van der Waals surface area contributed by atoms with E-state index in [0.29, 0.717) is 36.5 Å².